The van der Waals surface area contributed by atoms with Crippen molar-refractivity contribution in [3.63, 3.8) is 0 Å². The molecule has 0 saturated heterocycles. The molecule has 0 N–H and O–H groups in total. The average Bonchev–Trinajstić information content (AvgIpc) is 2.50. The summed E-state index contributed by atoms with van der Waals surface area (Å²) >= 11 is 0. The van der Waals surface area contributed by atoms with E-state index in [1.54, 1.807) is 0 Å². The monoisotopic (exact) mass is 410 g/mol. The van der Waals surface area contributed by atoms with Gasteiger partial charge in [-0.15, -0.1) is 0 Å². The van der Waals surface area contributed by atoms with Gasteiger partial charge in [-0.05, 0) is 52.4 Å². The largest absolute Gasteiger partial charge is 0.487 e. The zero-order chi connectivity index (χ0) is 23.1. The molecular formula is C28H42O2. The second kappa shape index (κ2) is 7.94. The van der Waals surface area contributed by atoms with Crippen molar-refractivity contribution in [1.82, 2.24) is 0 Å². The van der Waals surface area contributed by atoms with Crippen molar-refractivity contribution in [1.29, 1.82) is 0 Å². The summed E-state index contributed by atoms with van der Waals surface area (Å²) in [6.07, 6.45) is 0. The van der Waals surface area contributed by atoms with E-state index in [2.05, 4.69) is 119 Å². The zero-order valence-corrected chi connectivity index (χ0v) is 21.3. The van der Waals surface area contributed by atoms with Gasteiger partial charge in [-0.3, -0.25) is 0 Å². The highest BCUT2D eigenvalue weighted by Crippen LogP contribution is 2.47. The first-order chi connectivity index (χ1) is 13.4. The van der Waals surface area contributed by atoms with E-state index in [9.17, 15) is 0 Å². The number of hydrogen-bond donors (Lipinski definition) is 0. The third kappa shape index (κ3) is 6.03. The fraction of sp³-hybridized carbons (Fsp3) is 0.571. The summed E-state index contributed by atoms with van der Waals surface area (Å²) in [4.78, 5) is 0. The molecule has 30 heavy (non-hydrogen) atoms. The molecule has 0 spiro atoms. The molecule has 0 atom stereocenters. The first kappa shape index (κ1) is 24.3. The van der Waals surface area contributed by atoms with Crippen molar-refractivity contribution in [3.8, 4) is 22.6 Å². The lowest BCUT2D eigenvalue weighted by Gasteiger charge is -2.33. The van der Waals surface area contributed by atoms with Crippen molar-refractivity contribution < 1.29 is 9.47 Å². The van der Waals surface area contributed by atoms with Crippen molar-refractivity contribution in [3.05, 3.63) is 47.5 Å². The van der Waals surface area contributed by atoms with Crippen LogP contribution >= 0.6 is 0 Å². The van der Waals surface area contributed by atoms with Gasteiger partial charge in [0.1, 0.15) is 22.7 Å². The van der Waals surface area contributed by atoms with Gasteiger partial charge < -0.3 is 9.47 Å². The maximum absolute atomic E-state index is 6.60. The van der Waals surface area contributed by atoms with E-state index in [1.807, 2.05) is 0 Å². The second-order valence-electron chi connectivity index (χ2n) is 12.3. The van der Waals surface area contributed by atoms with E-state index in [-0.39, 0.29) is 22.0 Å². The molecule has 0 unspecified atom stereocenters. The molecule has 0 amide bonds. The number of hydrogen-bond acceptors (Lipinski definition) is 2. The van der Waals surface area contributed by atoms with Gasteiger partial charge in [-0.1, -0.05) is 77.9 Å². The number of para-hydroxylation sites is 2. The van der Waals surface area contributed by atoms with Crippen LogP contribution in [0, 0.1) is 0 Å². The molecule has 2 heteroatoms. The average molecular weight is 411 g/mol. The summed E-state index contributed by atoms with van der Waals surface area (Å²) in [6.45, 7) is 26.0. The van der Waals surface area contributed by atoms with E-state index in [0.717, 1.165) is 22.6 Å². The molecule has 0 bridgehead atoms. The van der Waals surface area contributed by atoms with Gasteiger partial charge in [-0.25, -0.2) is 0 Å². The van der Waals surface area contributed by atoms with Crippen LogP contribution in [0.3, 0.4) is 0 Å². The maximum atomic E-state index is 6.60. The molecular weight excluding hydrogens is 368 g/mol. The van der Waals surface area contributed by atoms with Crippen molar-refractivity contribution >= 4 is 0 Å². The molecule has 0 aliphatic heterocycles. The predicted octanol–water partition coefficient (Wildman–Crippen LogP) is 8.30. The Balaban J connectivity index is 2.90. The van der Waals surface area contributed by atoms with Crippen molar-refractivity contribution in [2.75, 3.05) is 0 Å². The molecule has 2 nitrogen and oxygen atoms in total. The lowest BCUT2D eigenvalue weighted by molar-refractivity contribution is 0.125. The van der Waals surface area contributed by atoms with Gasteiger partial charge in [0.15, 0.2) is 0 Å². The Labute approximate surface area is 185 Å². The van der Waals surface area contributed by atoms with Gasteiger partial charge in [0.05, 0.1) is 0 Å². The van der Waals surface area contributed by atoms with E-state index < -0.39 is 0 Å². The highest BCUT2D eigenvalue weighted by Gasteiger charge is 2.29. The molecule has 0 saturated carbocycles. The zero-order valence-electron chi connectivity index (χ0n) is 21.3. The molecule has 0 aliphatic rings. The highest BCUT2D eigenvalue weighted by molar-refractivity contribution is 5.79. The molecule has 0 radical (unpaired) electrons. The normalized spacial score (nSPS) is 13.3. The van der Waals surface area contributed by atoms with Gasteiger partial charge >= 0.3 is 0 Å². The minimum Gasteiger partial charge on any atom is -0.487 e. The van der Waals surface area contributed by atoms with Crippen molar-refractivity contribution in [2.45, 2.75) is 105 Å². The Kier molecular flexibility index (Phi) is 6.44. The Morgan fingerprint density at radius 3 is 1.00 bits per heavy atom. The minimum absolute atomic E-state index is 0.0384. The molecule has 0 aliphatic carbocycles. The highest BCUT2D eigenvalue weighted by atomic mass is 16.5. The maximum Gasteiger partial charge on any atom is 0.131 e. The van der Waals surface area contributed by atoms with Crippen LogP contribution in [-0.4, -0.2) is 11.2 Å². The molecule has 2 aromatic rings. The summed E-state index contributed by atoms with van der Waals surface area (Å²) in [5.74, 6) is 1.89. The Bertz CT molecular complexity index is 803. The topological polar surface area (TPSA) is 18.5 Å². The summed E-state index contributed by atoms with van der Waals surface area (Å²) in [6, 6.07) is 13.0. The number of benzene rings is 2. The summed E-state index contributed by atoms with van der Waals surface area (Å²) < 4.78 is 13.2. The van der Waals surface area contributed by atoms with Crippen LogP contribution in [0.2, 0.25) is 0 Å². The van der Waals surface area contributed by atoms with Gasteiger partial charge in [-0.2, -0.15) is 0 Å². The van der Waals surface area contributed by atoms with Crippen LogP contribution in [-0.2, 0) is 10.8 Å². The van der Waals surface area contributed by atoms with Gasteiger partial charge in [0.25, 0.3) is 0 Å². The molecule has 0 heterocycles. The van der Waals surface area contributed by atoms with Crippen LogP contribution in [0.4, 0.5) is 0 Å². The smallest absolute Gasteiger partial charge is 0.131 e. The predicted molar refractivity (Wildman–Crippen MR) is 130 cm³/mol. The molecule has 2 rings (SSSR count). The van der Waals surface area contributed by atoms with Crippen LogP contribution < -0.4 is 9.47 Å². The van der Waals surface area contributed by atoms with Crippen LogP contribution in [0.15, 0.2) is 36.4 Å². The second-order valence-corrected chi connectivity index (χ2v) is 12.3. The SMILES string of the molecule is CC(C)(C)Oc1c(-c2cccc(C(C)(C)C)c2OC(C)(C)C)cccc1C(C)(C)C. The fourth-order valence-corrected chi connectivity index (χ4v) is 3.51. The first-order valence-corrected chi connectivity index (χ1v) is 11.1. The lowest BCUT2D eigenvalue weighted by atomic mass is 9.81. The number of rotatable bonds is 3. The van der Waals surface area contributed by atoms with E-state index in [1.165, 1.54) is 11.1 Å². The summed E-state index contributed by atoms with van der Waals surface area (Å²) in [7, 11) is 0. The molecule has 0 aromatic heterocycles. The minimum atomic E-state index is -0.303. The van der Waals surface area contributed by atoms with Crippen LogP contribution in [0.25, 0.3) is 11.1 Å². The van der Waals surface area contributed by atoms with Crippen LogP contribution in [0.5, 0.6) is 11.5 Å². The summed E-state index contributed by atoms with van der Waals surface area (Å²) in [5.41, 5.74) is 3.90. The standard InChI is InChI=1S/C28H42O2/c1-25(2,3)21-17-13-15-19(23(21)29-27(7,8)9)20-16-14-18-22(26(4,5)6)24(20)30-28(10,11)12/h13-18H,1-12H3. The van der Waals surface area contributed by atoms with E-state index >= 15 is 0 Å². The van der Waals surface area contributed by atoms with E-state index in [0.29, 0.717) is 0 Å². The van der Waals surface area contributed by atoms with Crippen LogP contribution in [0.1, 0.15) is 94.2 Å². The third-order valence-electron chi connectivity index (χ3n) is 4.75. The lowest BCUT2D eigenvalue weighted by Crippen LogP contribution is -2.27. The number of ether oxygens (including phenoxy) is 2. The molecule has 0 fully saturated rings. The summed E-state index contributed by atoms with van der Waals surface area (Å²) in [5, 5.41) is 0. The van der Waals surface area contributed by atoms with Gasteiger partial charge in [0.2, 0.25) is 0 Å². The Morgan fingerprint density at radius 2 is 0.767 bits per heavy atom. The molecule has 2 aromatic carbocycles. The quantitative estimate of drug-likeness (QED) is 0.506. The first-order valence-electron chi connectivity index (χ1n) is 11.1. The van der Waals surface area contributed by atoms with Gasteiger partial charge in [0, 0.05) is 22.3 Å². The van der Waals surface area contributed by atoms with E-state index in [4.69, 9.17) is 9.47 Å². The fourth-order valence-electron chi connectivity index (χ4n) is 3.51. The van der Waals surface area contributed by atoms with Crippen molar-refractivity contribution in [2.24, 2.45) is 0 Å². The molecule has 166 valence electrons. The Morgan fingerprint density at radius 1 is 0.467 bits per heavy atom. The Hall–Kier alpha value is -1.96. The third-order valence-corrected chi connectivity index (χ3v) is 4.75.